The maximum atomic E-state index is 13.1. The van der Waals surface area contributed by atoms with Crippen LogP contribution in [0.2, 0.25) is 5.02 Å². The Morgan fingerprint density at radius 3 is 3.00 bits per heavy atom. The van der Waals surface area contributed by atoms with Crippen LogP contribution in [0.1, 0.15) is 12.8 Å². The number of aromatic nitrogens is 1. The van der Waals surface area contributed by atoms with E-state index in [9.17, 15) is 8.42 Å². The second-order valence-corrected chi connectivity index (χ2v) is 8.23. The summed E-state index contributed by atoms with van der Waals surface area (Å²) >= 11 is 6.22. The second kappa shape index (κ2) is 7.33. The molecule has 0 spiro atoms. The fourth-order valence-electron chi connectivity index (χ4n) is 3.03. The summed E-state index contributed by atoms with van der Waals surface area (Å²) in [4.78, 5) is 4.27. The van der Waals surface area contributed by atoms with E-state index in [0.29, 0.717) is 30.0 Å². The number of hydrogen-bond acceptors (Lipinski definition) is 5. The van der Waals surface area contributed by atoms with Crippen molar-refractivity contribution in [3.05, 3.63) is 35.6 Å². The van der Waals surface area contributed by atoms with Crippen molar-refractivity contribution in [2.45, 2.75) is 23.8 Å². The molecule has 6 nitrogen and oxygen atoms in total. The minimum absolute atomic E-state index is 0.165. The Labute approximate surface area is 147 Å². The largest absolute Gasteiger partial charge is 0.330 e. The number of pyridine rings is 1. The van der Waals surface area contributed by atoms with Crippen LogP contribution in [-0.2, 0) is 10.0 Å². The molecule has 2 heterocycles. The molecule has 1 aromatic heterocycles. The van der Waals surface area contributed by atoms with Crippen molar-refractivity contribution in [3.8, 4) is 0 Å². The first-order valence-corrected chi connectivity index (χ1v) is 9.81. The van der Waals surface area contributed by atoms with Crippen LogP contribution in [0.4, 0.5) is 0 Å². The van der Waals surface area contributed by atoms with Crippen molar-refractivity contribution < 1.29 is 8.42 Å². The summed E-state index contributed by atoms with van der Waals surface area (Å²) in [5.74, 6) is 0. The molecule has 1 atom stereocenters. The van der Waals surface area contributed by atoms with Crippen molar-refractivity contribution >= 4 is 32.4 Å². The highest BCUT2D eigenvalue weighted by Crippen LogP contribution is 2.31. The number of halogens is 1. The predicted molar refractivity (Wildman–Crippen MR) is 95.6 cm³/mol. The molecule has 1 fully saturated rings. The van der Waals surface area contributed by atoms with E-state index in [4.69, 9.17) is 17.3 Å². The second-order valence-electron chi connectivity index (χ2n) is 5.92. The lowest BCUT2D eigenvalue weighted by Crippen LogP contribution is -2.36. The lowest BCUT2D eigenvalue weighted by molar-refractivity contribution is 0.456. The van der Waals surface area contributed by atoms with E-state index in [0.717, 1.165) is 24.8 Å². The highest BCUT2D eigenvalue weighted by atomic mass is 35.5. The van der Waals surface area contributed by atoms with Crippen LogP contribution >= 0.6 is 11.6 Å². The van der Waals surface area contributed by atoms with Gasteiger partial charge in [-0.05, 0) is 32.0 Å². The standard InChI is InChI=1S/C16H21ClN4O2S/c17-14-10-19-9-12-3-1-4-15(16(12)14)24(22,23)21-8-5-13(11-21)20-7-2-6-18/h1,3-4,9-10,13,20H,2,5-8,11,18H2/t13-/m0/s1. The van der Waals surface area contributed by atoms with E-state index in [-0.39, 0.29) is 10.9 Å². The van der Waals surface area contributed by atoms with Crippen molar-refractivity contribution in [3.63, 3.8) is 0 Å². The highest BCUT2D eigenvalue weighted by molar-refractivity contribution is 7.89. The first-order valence-electron chi connectivity index (χ1n) is 8.00. The molecular weight excluding hydrogens is 348 g/mol. The van der Waals surface area contributed by atoms with Gasteiger partial charge in [-0.15, -0.1) is 0 Å². The number of rotatable bonds is 6. The lowest BCUT2D eigenvalue weighted by Gasteiger charge is -2.18. The molecule has 3 N–H and O–H groups in total. The normalized spacial score (nSPS) is 19.2. The number of sulfonamides is 1. The van der Waals surface area contributed by atoms with Crippen molar-refractivity contribution in [2.24, 2.45) is 5.73 Å². The van der Waals surface area contributed by atoms with E-state index in [1.54, 1.807) is 18.3 Å². The molecule has 0 aliphatic carbocycles. The molecule has 0 amide bonds. The van der Waals surface area contributed by atoms with Gasteiger partial charge in [-0.3, -0.25) is 4.98 Å². The van der Waals surface area contributed by atoms with Gasteiger partial charge < -0.3 is 11.1 Å². The molecule has 1 aliphatic heterocycles. The number of hydrogen-bond donors (Lipinski definition) is 2. The summed E-state index contributed by atoms with van der Waals surface area (Å²) in [5, 5.41) is 4.97. The van der Waals surface area contributed by atoms with Gasteiger partial charge in [-0.2, -0.15) is 4.31 Å². The average Bonchev–Trinajstić information content (AvgIpc) is 3.05. The summed E-state index contributed by atoms with van der Waals surface area (Å²) in [7, 11) is -3.59. The van der Waals surface area contributed by atoms with Crippen LogP contribution in [0.25, 0.3) is 10.8 Å². The van der Waals surface area contributed by atoms with E-state index in [1.807, 2.05) is 6.07 Å². The number of fused-ring (bicyclic) bond motifs is 1. The van der Waals surface area contributed by atoms with Gasteiger partial charge in [0.15, 0.2) is 0 Å². The predicted octanol–water partition coefficient (Wildman–Crippen LogP) is 1.59. The minimum atomic E-state index is -3.59. The Morgan fingerprint density at radius 1 is 1.38 bits per heavy atom. The zero-order valence-electron chi connectivity index (χ0n) is 13.3. The SMILES string of the molecule is NCCCN[C@H]1CCN(S(=O)(=O)c2cccc3cncc(Cl)c23)C1. The molecular formula is C16H21ClN4O2S. The first-order chi connectivity index (χ1) is 11.5. The third-order valence-corrected chi connectivity index (χ3v) is 6.48. The number of nitrogens with zero attached hydrogens (tertiary/aromatic N) is 2. The van der Waals surface area contributed by atoms with Gasteiger partial charge in [0.1, 0.15) is 0 Å². The zero-order chi connectivity index (χ0) is 17.2. The fraction of sp³-hybridized carbons (Fsp3) is 0.438. The Balaban J connectivity index is 1.87. The van der Waals surface area contributed by atoms with Gasteiger partial charge in [-0.1, -0.05) is 23.7 Å². The van der Waals surface area contributed by atoms with Crippen LogP contribution in [0.3, 0.4) is 0 Å². The maximum Gasteiger partial charge on any atom is 0.243 e. The molecule has 0 radical (unpaired) electrons. The molecule has 1 saturated heterocycles. The molecule has 3 rings (SSSR count). The molecule has 130 valence electrons. The van der Waals surface area contributed by atoms with E-state index in [1.165, 1.54) is 10.5 Å². The minimum Gasteiger partial charge on any atom is -0.330 e. The van der Waals surface area contributed by atoms with Crippen LogP contribution < -0.4 is 11.1 Å². The quantitative estimate of drug-likeness (QED) is 0.756. The molecule has 8 heteroatoms. The number of benzene rings is 1. The monoisotopic (exact) mass is 368 g/mol. The topological polar surface area (TPSA) is 88.3 Å². The fourth-order valence-corrected chi connectivity index (χ4v) is 5.09. The van der Waals surface area contributed by atoms with E-state index >= 15 is 0 Å². The highest BCUT2D eigenvalue weighted by Gasteiger charge is 2.33. The molecule has 2 aromatic rings. The first kappa shape index (κ1) is 17.6. The Kier molecular flexibility index (Phi) is 5.36. The average molecular weight is 369 g/mol. The number of nitrogens with one attached hydrogen (secondary N) is 1. The molecule has 1 aromatic carbocycles. The third kappa shape index (κ3) is 3.41. The summed E-state index contributed by atoms with van der Waals surface area (Å²) in [6, 6.07) is 5.31. The van der Waals surface area contributed by atoms with Crippen LogP contribution in [0.15, 0.2) is 35.5 Å². The molecule has 0 bridgehead atoms. The third-order valence-electron chi connectivity index (χ3n) is 4.28. The number of nitrogens with two attached hydrogens (primary N) is 1. The summed E-state index contributed by atoms with van der Waals surface area (Å²) < 4.78 is 27.7. The van der Waals surface area contributed by atoms with Crippen LogP contribution in [0, 0.1) is 0 Å². The van der Waals surface area contributed by atoms with Gasteiger partial charge in [-0.25, -0.2) is 8.42 Å². The molecule has 24 heavy (non-hydrogen) atoms. The Morgan fingerprint density at radius 2 is 2.21 bits per heavy atom. The summed E-state index contributed by atoms with van der Waals surface area (Å²) in [5.41, 5.74) is 5.49. The maximum absolute atomic E-state index is 13.1. The lowest BCUT2D eigenvalue weighted by atomic mass is 10.2. The van der Waals surface area contributed by atoms with Gasteiger partial charge in [0.25, 0.3) is 0 Å². The smallest absolute Gasteiger partial charge is 0.243 e. The molecule has 0 unspecified atom stereocenters. The van der Waals surface area contributed by atoms with Crippen LogP contribution in [0.5, 0.6) is 0 Å². The van der Waals surface area contributed by atoms with E-state index < -0.39 is 10.0 Å². The molecule has 0 saturated carbocycles. The van der Waals surface area contributed by atoms with Crippen molar-refractivity contribution in [1.29, 1.82) is 0 Å². The van der Waals surface area contributed by atoms with Gasteiger partial charge in [0, 0.05) is 42.3 Å². The van der Waals surface area contributed by atoms with Gasteiger partial charge in [0.2, 0.25) is 10.0 Å². The van der Waals surface area contributed by atoms with Gasteiger partial charge in [0.05, 0.1) is 9.92 Å². The van der Waals surface area contributed by atoms with Crippen molar-refractivity contribution in [2.75, 3.05) is 26.2 Å². The van der Waals surface area contributed by atoms with Crippen LogP contribution in [-0.4, -0.2) is 49.9 Å². The molecule has 1 aliphatic rings. The Hall–Kier alpha value is -1.25. The summed E-state index contributed by atoms with van der Waals surface area (Å²) in [6.07, 6.45) is 4.78. The van der Waals surface area contributed by atoms with E-state index in [2.05, 4.69) is 10.3 Å². The zero-order valence-corrected chi connectivity index (χ0v) is 14.9. The van der Waals surface area contributed by atoms with Gasteiger partial charge >= 0.3 is 0 Å². The van der Waals surface area contributed by atoms with Crippen molar-refractivity contribution in [1.82, 2.24) is 14.6 Å². The Bertz CT molecular complexity index is 823. The summed E-state index contributed by atoms with van der Waals surface area (Å²) in [6.45, 7) is 2.40.